The van der Waals surface area contributed by atoms with E-state index in [0.29, 0.717) is 37.2 Å². The Bertz CT molecular complexity index is 950. The fraction of sp³-hybridized carbons (Fsp3) is 0.583. The molecule has 1 atom stereocenters. The molecule has 0 saturated carbocycles. The van der Waals surface area contributed by atoms with E-state index in [-0.39, 0.29) is 41.9 Å². The summed E-state index contributed by atoms with van der Waals surface area (Å²) in [6.45, 7) is 8.16. The van der Waals surface area contributed by atoms with Crippen LogP contribution in [0.25, 0.3) is 0 Å². The average Bonchev–Trinajstić information content (AvgIpc) is 3.11. The number of sulfone groups is 1. The van der Waals surface area contributed by atoms with Gasteiger partial charge in [0, 0.05) is 25.9 Å². The van der Waals surface area contributed by atoms with E-state index in [1.165, 1.54) is 24.3 Å². The second-order valence-corrected chi connectivity index (χ2v) is 11.5. The molecular formula is C24H34FNO6S. The first-order chi connectivity index (χ1) is 15.4. The van der Waals surface area contributed by atoms with Crippen LogP contribution in [-0.2, 0) is 24.2 Å². The first-order valence-corrected chi connectivity index (χ1v) is 12.8. The summed E-state index contributed by atoms with van der Waals surface area (Å²) >= 11 is 0. The zero-order valence-electron chi connectivity index (χ0n) is 19.8. The summed E-state index contributed by atoms with van der Waals surface area (Å²) in [5, 5.41) is 0. The summed E-state index contributed by atoms with van der Waals surface area (Å²) in [5.41, 5.74) is -0.304. The van der Waals surface area contributed by atoms with Crippen LogP contribution in [0.3, 0.4) is 0 Å². The van der Waals surface area contributed by atoms with Gasteiger partial charge in [0.05, 0.1) is 17.0 Å². The minimum Gasteiger partial charge on any atom is -0.489 e. The lowest BCUT2D eigenvalue weighted by atomic mass is 10.1. The summed E-state index contributed by atoms with van der Waals surface area (Å²) in [6.07, 6.45) is 1.96. The Morgan fingerprint density at radius 2 is 1.88 bits per heavy atom. The first kappa shape index (κ1) is 26.8. The Balaban J connectivity index is 1.85. The van der Waals surface area contributed by atoms with Gasteiger partial charge in [0.2, 0.25) is 5.91 Å². The zero-order valence-corrected chi connectivity index (χ0v) is 20.6. The van der Waals surface area contributed by atoms with Gasteiger partial charge in [0.25, 0.3) is 0 Å². The largest absolute Gasteiger partial charge is 0.489 e. The van der Waals surface area contributed by atoms with Gasteiger partial charge < -0.3 is 14.4 Å². The van der Waals surface area contributed by atoms with Crippen molar-refractivity contribution in [3.05, 3.63) is 36.2 Å². The van der Waals surface area contributed by atoms with Gasteiger partial charge in [-0.2, -0.15) is 0 Å². The third kappa shape index (κ3) is 9.15. The van der Waals surface area contributed by atoms with Crippen molar-refractivity contribution in [2.45, 2.75) is 63.9 Å². The molecule has 0 aliphatic carbocycles. The highest BCUT2D eigenvalue weighted by Gasteiger charge is 2.25. The van der Waals surface area contributed by atoms with E-state index in [1.54, 1.807) is 25.7 Å². The number of esters is 1. The monoisotopic (exact) mass is 483 g/mol. The van der Waals surface area contributed by atoms with Gasteiger partial charge in [-0.15, -0.1) is 0 Å². The normalized spacial score (nSPS) is 16.1. The molecule has 0 bridgehead atoms. The number of nitrogens with zero attached hydrogens (tertiary/aromatic N) is 1. The number of halogens is 1. The Hall–Kier alpha value is -2.42. The smallest absolute Gasteiger partial charge is 0.306 e. The number of carbonyl (C=O) groups excluding carboxylic acids is 2. The standard InChI is InChI=1S/C24H34FNO6S/c1-18(15-26-13-5-6-22(26)27)17-33(29,30)21-10-8-20(9-11-21)31-16-19(14-25)7-12-23(28)32-24(2,3)4/h8-11,14,18H,5-7,12-13,15-17H2,1-4H3/b19-14+. The van der Waals surface area contributed by atoms with Crippen molar-refractivity contribution in [1.29, 1.82) is 0 Å². The molecule has 7 nitrogen and oxygen atoms in total. The summed E-state index contributed by atoms with van der Waals surface area (Å²) < 4.78 is 49.4. The highest BCUT2D eigenvalue weighted by molar-refractivity contribution is 7.91. The molecule has 0 radical (unpaired) electrons. The van der Waals surface area contributed by atoms with Crippen molar-refractivity contribution in [3.63, 3.8) is 0 Å². The fourth-order valence-electron chi connectivity index (χ4n) is 3.53. The van der Waals surface area contributed by atoms with Crippen molar-refractivity contribution in [1.82, 2.24) is 4.90 Å². The average molecular weight is 484 g/mol. The summed E-state index contributed by atoms with van der Waals surface area (Å²) in [7, 11) is -3.52. The number of carbonyl (C=O) groups is 2. The van der Waals surface area contributed by atoms with Gasteiger partial charge in [-0.05, 0) is 69.4 Å². The van der Waals surface area contributed by atoms with Gasteiger partial charge in [-0.1, -0.05) is 6.92 Å². The molecule has 1 aromatic rings. The predicted molar refractivity (Wildman–Crippen MR) is 123 cm³/mol. The highest BCUT2D eigenvalue weighted by atomic mass is 32.2. The first-order valence-electron chi connectivity index (χ1n) is 11.1. The van der Waals surface area contributed by atoms with Crippen molar-refractivity contribution < 1.29 is 31.9 Å². The molecule has 1 unspecified atom stereocenters. The van der Waals surface area contributed by atoms with Crippen molar-refractivity contribution in [2.24, 2.45) is 5.92 Å². The van der Waals surface area contributed by atoms with E-state index < -0.39 is 21.4 Å². The molecule has 2 rings (SSSR count). The molecule has 1 aliphatic heterocycles. The Labute approximate surface area is 195 Å². The molecule has 0 N–H and O–H groups in total. The maximum atomic E-state index is 13.2. The van der Waals surface area contributed by atoms with Gasteiger partial charge >= 0.3 is 5.97 Å². The molecule has 1 saturated heterocycles. The molecule has 33 heavy (non-hydrogen) atoms. The molecule has 1 aliphatic rings. The van der Waals surface area contributed by atoms with E-state index in [4.69, 9.17) is 9.47 Å². The van der Waals surface area contributed by atoms with Gasteiger partial charge in [-0.3, -0.25) is 9.59 Å². The lowest BCUT2D eigenvalue weighted by Gasteiger charge is -2.20. The number of hydrogen-bond acceptors (Lipinski definition) is 6. The lowest BCUT2D eigenvalue weighted by Crippen LogP contribution is -2.32. The maximum Gasteiger partial charge on any atom is 0.306 e. The molecule has 1 fully saturated rings. The van der Waals surface area contributed by atoms with Crippen LogP contribution in [0.5, 0.6) is 5.75 Å². The molecule has 9 heteroatoms. The molecule has 0 aromatic heterocycles. The zero-order chi connectivity index (χ0) is 24.6. The third-order valence-electron chi connectivity index (χ3n) is 5.04. The van der Waals surface area contributed by atoms with Crippen LogP contribution in [0.4, 0.5) is 4.39 Å². The predicted octanol–water partition coefficient (Wildman–Crippen LogP) is 4.07. The number of ether oxygens (including phenoxy) is 2. The Morgan fingerprint density at radius 3 is 2.42 bits per heavy atom. The summed E-state index contributed by atoms with van der Waals surface area (Å²) in [6, 6.07) is 5.95. The lowest BCUT2D eigenvalue weighted by molar-refractivity contribution is -0.154. The van der Waals surface area contributed by atoms with Crippen LogP contribution in [-0.4, -0.2) is 56.2 Å². The number of rotatable bonds is 11. The van der Waals surface area contributed by atoms with E-state index in [0.717, 1.165) is 6.42 Å². The topological polar surface area (TPSA) is 90.0 Å². The van der Waals surface area contributed by atoms with Crippen LogP contribution in [0, 0.1) is 5.92 Å². The van der Waals surface area contributed by atoms with Crippen LogP contribution in [0.15, 0.2) is 41.1 Å². The maximum absolute atomic E-state index is 13.2. The number of benzene rings is 1. The number of hydrogen-bond donors (Lipinski definition) is 0. The third-order valence-corrected chi connectivity index (χ3v) is 7.04. The molecule has 0 spiro atoms. The number of likely N-dealkylation sites (tertiary alicyclic amines) is 1. The molecular weight excluding hydrogens is 449 g/mol. The second-order valence-electron chi connectivity index (χ2n) is 9.44. The van der Waals surface area contributed by atoms with Gasteiger partial charge in [0.15, 0.2) is 9.84 Å². The van der Waals surface area contributed by atoms with E-state index in [2.05, 4.69) is 0 Å². The fourth-order valence-corrected chi connectivity index (χ4v) is 5.13. The summed E-state index contributed by atoms with van der Waals surface area (Å²) in [4.78, 5) is 25.4. The molecule has 1 aromatic carbocycles. The van der Waals surface area contributed by atoms with Crippen LogP contribution < -0.4 is 4.74 Å². The minimum atomic E-state index is -3.52. The van der Waals surface area contributed by atoms with Gasteiger partial charge in [0.1, 0.15) is 18.0 Å². The minimum absolute atomic E-state index is 0.0365. The molecule has 1 heterocycles. The molecule has 1 amide bonds. The highest BCUT2D eigenvalue weighted by Crippen LogP contribution is 2.21. The van der Waals surface area contributed by atoms with Crippen molar-refractivity contribution in [2.75, 3.05) is 25.4 Å². The Kier molecular flexibility index (Phi) is 9.46. The second kappa shape index (κ2) is 11.6. The number of amides is 1. The summed E-state index contributed by atoms with van der Waals surface area (Å²) in [5.74, 6) is -0.194. The van der Waals surface area contributed by atoms with Crippen molar-refractivity contribution >= 4 is 21.7 Å². The van der Waals surface area contributed by atoms with Crippen LogP contribution in [0.2, 0.25) is 0 Å². The van der Waals surface area contributed by atoms with E-state index >= 15 is 0 Å². The van der Waals surface area contributed by atoms with Gasteiger partial charge in [-0.25, -0.2) is 12.8 Å². The quantitative estimate of drug-likeness (QED) is 0.441. The van der Waals surface area contributed by atoms with Crippen LogP contribution in [0.1, 0.15) is 53.4 Å². The van der Waals surface area contributed by atoms with E-state index in [9.17, 15) is 22.4 Å². The SMILES string of the molecule is CC(CN1CCCC1=O)CS(=O)(=O)c1ccc(OC/C(=C/F)CCC(=O)OC(C)(C)C)cc1. The molecule has 184 valence electrons. The van der Waals surface area contributed by atoms with Crippen molar-refractivity contribution in [3.8, 4) is 5.75 Å². The van der Waals surface area contributed by atoms with Crippen LogP contribution >= 0.6 is 0 Å². The Morgan fingerprint density at radius 1 is 1.21 bits per heavy atom. The van der Waals surface area contributed by atoms with E-state index in [1.807, 2.05) is 6.92 Å².